The Kier molecular flexibility index (Phi) is 3.48. The molecule has 5 N–H and O–H groups in total. The van der Waals surface area contributed by atoms with Gasteiger partial charge in [-0.15, -0.1) is 0 Å². The Bertz CT molecular complexity index is 336. The van der Waals surface area contributed by atoms with E-state index in [1.54, 1.807) is 25.3 Å². The first-order valence-electron chi connectivity index (χ1n) is 4.40. The Morgan fingerprint density at radius 3 is 2.79 bits per heavy atom. The lowest BCUT2D eigenvalue weighted by Crippen LogP contribution is -2.10. The van der Waals surface area contributed by atoms with Crippen LogP contribution in [0, 0.1) is 5.41 Å². The van der Waals surface area contributed by atoms with Crippen LogP contribution in [-0.2, 0) is 0 Å². The molecule has 0 spiro atoms. The van der Waals surface area contributed by atoms with Crippen LogP contribution in [0.25, 0.3) is 0 Å². The van der Waals surface area contributed by atoms with E-state index in [0.29, 0.717) is 35.7 Å². The van der Waals surface area contributed by atoms with Crippen LogP contribution in [-0.4, -0.2) is 19.4 Å². The summed E-state index contributed by atoms with van der Waals surface area (Å²) in [5.74, 6) is 0.705. The van der Waals surface area contributed by atoms with Crippen LogP contribution in [0.3, 0.4) is 0 Å². The molecule has 0 unspecified atom stereocenters. The molecule has 4 nitrogen and oxygen atoms in total. The van der Waals surface area contributed by atoms with Crippen LogP contribution in [0.5, 0.6) is 5.75 Å². The fourth-order valence-corrected chi connectivity index (χ4v) is 1.20. The second-order valence-electron chi connectivity index (χ2n) is 2.97. The predicted octanol–water partition coefficient (Wildman–Crippen LogP) is 0.994. The summed E-state index contributed by atoms with van der Waals surface area (Å²) in [6.45, 7) is 0.454. The summed E-state index contributed by atoms with van der Waals surface area (Å²) in [5, 5.41) is 7.73. The highest BCUT2D eigenvalue weighted by Gasteiger charge is 2.06. The molecule has 0 amide bonds. The van der Waals surface area contributed by atoms with Gasteiger partial charge < -0.3 is 21.6 Å². The third-order valence-corrected chi connectivity index (χ3v) is 1.98. The van der Waals surface area contributed by atoms with Gasteiger partial charge in [-0.1, -0.05) is 0 Å². The van der Waals surface area contributed by atoms with Crippen molar-refractivity contribution in [2.75, 3.05) is 19.4 Å². The third-order valence-electron chi connectivity index (χ3n) is 1.98. The molecule has 76 valence electrons. The van der Waals surface area contributed by atoms with Crippen molar-refractivity contribution in [2.45, 2.75) is 6.42 Å². The topological polar surface area (TPSA) is 85.1 Å². The minimum Gasteiger partial charge on any atom is -0.497 e. The molecule has 1 rings (SSSR count). The van der Waals surface area contributed by atoms with Gasteiger partial charge in [0.25, 0.3) is 0 Å². The molecule has 0 fully saturated rings. The average Bonchev–Trinajstić information content (AvgIpc) is 2.19. The number of hydrogen-bond acceptors (Lipinski definition) is 4. The third kappa shape index (κ3) is 2.23. The van der Waals surface area contributed by atoms with E-state index in [4.69, 9.17) is 21.6 Å². The van der Waals surface area contributed by atoms with E-state index < -0.39 is 0 Å². The van der Waals surface area contributed by atoms with Crippen LogP contribution < -0.4 is 16.2 Å². The first-order chi connectivity index (χ1) is 6.69. The Hall–Kier alpha value is -1.55. The number of methoxy groups -OCH3 is 1. The van der Waals surface area contributed by atoms with Crippen molar-refractivity contribution in [2.24, 2.45) is 5.73 Å². The van der Waals surface area contributed by atoms with Crippen LogP contribution in [0.15, 0.2) is 18.2 Å². The molecule has 0 aliphatic heterocycles. The van der Waals surface area contributed by atoms with E-state index >= 15 is 0 Å². The lowest BCUT2D eigenvalue weighted by atomic mass is 10.1. The minimum atomic E-state index is 0.448. The Morgan fingerprint density at radius 2 is 2.21 bits per heavy atom. The summed E-state index contributed by atoms with van der Waals surface area (Å²) >= 11 is 0. The molecular formula is C10H15N3O. The van der Waals surface area contributed by atoms with Gasteiger partial charge in [0.05, 0.1) is 7.11 Å². The van der Waals surface area contributed by atoms with Gasteiger partial charge in [-0.25, -0.2) is 0 Å². The molecule has 4 heteroatoms. The molecule has 1 aromatic carbocycles. The van der Waals surface area contributed by atoms with E-state index in [-0.39, 0.29) is 0 Å². The average molecular weight is 193 g/mol. The van der Waals surface area contributed by atoms with Gasteiger partial charge in [-0.2, -0.15) is 0 Å². The van der Waals surface area contributed by atoms with E-state index in [1.807, 2.05) is 0 Å². The number of nitrogens with two attached hydrogens (primary N) is 2. The van der Waals surface area contributed by atoms with Gasteiger partial charge in [-0.05, 0) is 24.7 Å². The number of benzene rings is 1. The zero-order valence-corrected chi connectivity index (χ0v) is 8.21. The molecule has 0 aromatic heterocycles. The molecular weight excluding hydrogens is 178 g/mol. The first-order valence-corrected chi connectivity index (χ1v) is 4.40. The van der Waals surface area contributed by atoms with Crippen LogP contribution in [0.4, 0.5) is 5.69 Å². The molecule has 0 atom stereocenters. The van der Waals surface area contributed by atoms with Gasteiger partial charge >= 0.3 is 0 Å². The Balaban J connectivity index is 2.99. The molecule has 0 saturated carbocycles. The van der Waals surface area contributed by atoms with Gasteiger partial charge in [-0.3, -0.25) is 0 Å². The summed E-state index contributed by atoms with van der Waals surface area (Å²) in [6.07, 6.45) is 0.525. The maximum atomic E-state index is 7.73. The van der Waals surface area contributed by atoms with Crippen molar-refractivity contribution < 1.29 is 4.74 Å². The quantitative estimate of drug-likeness (QED) is 0.492. The second-order valence-corrected chi connectivity index (χ2v) is 2.97. The highest BCUT2D eigenvalue weighted by atomic mass is 16.5. The zero-order chi connectivity index (χ0) is 10.6. The van der Waals surface area contributed by atoms with Crippen LogP contribution in [0.1, 0.15) is 12.0 Å². The Morgan fingerprint density at radius 1 is 1.50 bits per heavy atom. The van der Waals surface area contributed by atoms with E-state index in [2.05, 4.69) is 0 Å². The van der Waals surface area contributed by atoms with Gasteiger partial charge in [0, 0.05) is 23.4 Å². The fraction of sp³-hybridized carbons (Fsp3) is 0.300. The van der Waals surface area contributed by atoms with Gasteiger partial charge in [0.1, 0.15) is 5.75 Å². The number of hydrogen-bond donors (Lipinski definition) is 3. The van der Waals surface area contributed by atoms with E-state index in [9.17, 15) is 0 Å². The molecule has 1 aromatic rings. The first kappa shape index (κ1) is 10.5. The summed E-state index contributed by atoms with van der Waals surface area (Å²) in [7, 11) is 1.59. The fourth-order valence-electron chi connectivity index (χ4n) is 1.20. The molecule has 0 radical (unpaired) electrons. The van der Waals surface area contributed by atoms with Crippen LogP contribution >= 0.6 is 0 Å². The van der Waals surface area contributed by atoms with Crippen molar-refractivity contribution in [3.63, 3.8) is 0 Å². The smallest absolute Gasteiger partial charge is 0.119 e. The molecule has 0 aliphatic carbocycles. The number of nitrogens with one attached hydrogen (secondary N) is 1. The second kappa shape index (κ2) is 4.62. The number of ether oxygens (including phenoxy) is 1. The number of nitrogen functional groups attached to an aromatic ring is 1. The lowest BCUT2D eigenvalue weighted by Gasteiger charge is -2.08. The number of anilines is 1. The highest BCUT2D eigenvalue weighted by Crippen LogP contribution is 2.20. The summed E-state index contributed by atoms with van der Waals surface area (Å²) in [4.78, 5) is 0. The van der Waals surface area contributed by atoms with Crippen molar-refractivity contribution in [3.8, 4) is 5.75 Å². The zero-order valence-electron chi connectivity index (χ0n) is 8.21. The van der Waals surface area contributed by atoms with Crippen molar-refractivity contribution in [1.29, 1.82) is 5.41 Å². The Labute approximate surface area is 83.4 Å². The van der Waals surface area contributed by atoms with E-state index in [1.165, 1.54) is 0 Å². The molecule has 0 bridgehead atoms. The molecule has 0 saturated heterocycles. The molecule has 0 heterocycles. The van der Waals surface area contributed by atoms with Gasteiger partial charge in [0.15, 0.2) is 0 Å². The van der Waals surface area contributed by atoms with Crippen molar-refractivity contribution in [1.82, 2.24) is 0 Å². The minimum absolute atomic E-state index is 0.448. The van der Waals surface area contributed by atoms with Crippen molar-refractivity contribution in [3.05, 3.63) is 23.8 Å². The summed E-state index contributed by atoms with van der Waals surface area (Å²) in [5.41, 5.74) is 12.9. The van der Waals surface area contributed by atoms with Crippen LogP contribution in [0.2, 0.25) is 0 Å². The lowest BCUT2D eigenvalue weighted by molar-refractivity contribution is 0.415. The standard InChI is InChI=1S/C10H15N3O/c1-14-7-2-3-9(12)8(6-7)10(13)4-5-11/h2-3,6,13H,4-5,11-12H2,1H3. The SMILES string of the molecule is COc1ccc(N)c(C(=N)CCN)c1. The maximum absolute atomic E-state index is 7.73. The van der Waals surface area contributed by atoms with Gasteiger partial charge in [0.2, 0.25) is 0 Å². The monoisotopic (exact) mass is 193 g/mol. The molecule has 0 aliphatic rings. The summed E-state index contributed by atoms with van der Waals surface area (Å²) in [6, 6.07) is 5.26. The normalized spacial score (nSPS) is 9.86. The summed E-state index contributed by atoms with van der Waals surface area (Å²) < 4.78 is 5.05. The highest BCUT2D eigenvalue weighted by molar-refractivity contribution is 6.03. The number of rotatable bonds is 4. The predicted molar refractivity (Wildman–Crippen MR) is 57.9 cm³/mol. The molecule has 14 heavy (non-hydrogen) atoms. The largest absolute Gasteiger partial charge is 0.497 e. The van der Waals surface area contributed by atoms with E-state index in [0.717, 1.165) is 0 Å². The maximum Gasteiger partial charge on any atom is 0.119 e. The van der Waals surface area contributed by atoms with Crippen molar-refractivity contribution >= 4 is 11.4 Å².